The monoisotopic (exact) mass is 349 g/mol. The maximum atomic E-state index is 12.2. The fourth-order valence-electron chi connectivity index (χ4n) is 1.77. The van der Waals surface area contributed by atoms with Crippen LogP contribution < -0.4 is 10.0 Å². The van der Waals surface area contributed by atoms with Gasteiger partial charge in [0, 0.05) is 10.7 Å². The largest absolute Gasteiger partial charge is 0.325 e. The van der Waals surface area contributed by atoms with Crippen LogP contribution in [0.1, 0.15) is 5.56 Å². The molecule has 0 spiro atoms. The second-order valence-electron chi connectivity index (χ2n) is 4.49. The van der Waals surface area contributed by atoms with Crippen molar-refractivity contribution < 1.29 is 13.2 Å². The average Bonchev–Trinajstić information content (AvgIpc) is 2.55. The summed E-state index contributed by atoms with van der Waals surface area (Å²) in [5.41, 5.74) is 0.508. The van der Waals surface area contributed by atoms with E-state index < -0.39 is 22.5 Å². The summed E-state index contributed by atoms with van der Waals surface area (Å²) in [5, 5.41) is 12.0. The molecular formula is C15H12ClN3O3S. The number of nitriles is 1. The molecule has 0 aliphatic rings. The van der Waals surface area contributed by atoms with E-state index in [4.69, 9.17) is 16.9 Å². The number of nitrogens with zero attached hydrogens (tertiary/aromatic N) is 1. The molecule has 2 aromatic carbocycles. The van der Waals surface area contributed by atoms with Gasteiger partial charge in [-0.1, -0.05) is 23.7 Å². The molecule has 0 aromatic heterocycles. The minimum atomic E-state index is -3.95. The first-order valence-corrected chi connectivity index (χ1v) is 8.33. The summed E-state index contributed by atoms with van der Waals surface area (Å²) >= 11 is 5.73. The lowest BCUT2D eigenvalue weighted by molar-refractivity contribution is -0.115. The van der Waals surface area contributed by atoms with Crippen LogP contribution >= 0.6 is 11.6 Å². The number of anilines is 1. The Morgan fingerprint density at radius 2 is 1.78 bits per heavy atom. The van der Waals surface area contributed by atoms with Crippen LogP contribution in [0.4, 0.5) is 5.69 Å². The van der Waals surface area contributed by atoms with E-state index >= 15 is 0 Å². The van der Waals surface area contributed by atoms with Crippen LogP contribution in [-0.4, -0.2) is 20.9 Å². The number of hydrogen-bond acceptors (Lipinski definition) is 4. The summed E-state index contributed by atoms with van der Waals surface area (Å²) in [6, 6.07) is 14.0. The number of carbonyl (C=O) groups is 1. The predicted octanol–water partition coefficient (Wildman–Crippen LogP) is 2.13. The van der Waals surface area contributed by atoms with Crippen LogP contribution in [0.25, 0.3) is 0 Å². The van der Waals surface area contributed by atoms with E-state index in [1.54, 1.807) is 36.4 Å². The van der Waals surface area contributed by atoms with Crippen molar-refractivity contribution in [3.8, 4) is 6.07 Å². The van der Waals surface area contributed by atoms with Gasteiger partial charge in [-0.3, -0.25) is 4.79 Å². The van der Waals surface area contributed by atoms with Crippen LogP contribution in [0.3, 0.4) is 0 Å². The summed E-state index contributed by atoms with van der Waals surface area (Å²) in [4.78, 5) is 11.6. The van der Waals surface area contributed by atoms with Crippen LogP contribution in [0.2, 0.25) is 5.02 Å². The molecule has 0 heterocycles. The van der Waals surface area contributed by atoms with Gasteiger partial charge in [-0.05, 0) is 36.4 Å². The van der Waals surface area contributed by atoms with E-state index in [2.05, 4.69) is 10.0 Å². The lowest BCUT2D eigenvalue weighted by Gasteiger charge is -2.09. The molecular weight excluding hydrogens is 338 g/mol. The van der Waals surface area contributed by atoms with Gasteiger partial charge < -0.3 is 5.32 Å². The van der Waals surface area contributed by atoms with Gasteiger partial charge in [-0.15, -0.1) is 0 Å². The Morgan fingerprint density at radius 3 is 2.43 bits per heavy atom. The van der Waals surface area contributed by atoms with Crippen LogP contribution in [0.5, 0.6) is 0 Å². The molecule has 0 saturated heterocycles. The Labute approximate surface area is 138 Å². The maximum absolute atomic E-state index is 12.2. The molecule has 1 amide bonds. The quantitative estimate of drug-likeness (QED) is 0.863. The zero-order valence-electron chi connectivity index (χ0n) is 11.8. The lowest BCUT2D eigenvalue weighted by atomic mass is 10.2. The molecule has 0 saturated carbocycles. The van der Waals surface area contributed by atoms with Gasteiger partial charge in [0.1, 0.15) is 6.07 Å². The molecule has 8 heteroatoms. The summed E-state index contributed by atoms with van der Waals surface area (Å²) in [7, 11) is -3.95. The van der Waals surface area contributed by atoms with E-state index in [1.807, 2.05) is 0 Å². The molecule has 0 aliphatic heterocycles. The molecule has 0 aliphatic carbocycles. The van der Waals surface area contributed by atoms with Gasteiger partial charge in [-0.2, -0.15) is 5.26 Å². The van der Waals surface area contributed by atoms with Gasteiger partial charge >= 0.3 is 0 Å². The summed E-state index contributed by atoms with van der Waals surface area (Å²) in [6.07, 6.45) is 0. The third-order valence-electron chi connectivity index (χ3n) is 2.85. The molecule has 0 bridgehead atoms. The van der Waals surface area contributed by atoms with Crippen molar-refractivity contribution in [1.29, 1.82) is 5.26 Å². The number of nitrogens with one attached hydrogen (secondary N) is 2. The standard InChI is InChI=1S/C15H12ClN3O3S/c16-12-5-7-13(8-6-12)19-15(20)10-18-23(21,22)14-4-2-1-3-11(14)9-17/h1-8,18H,10H2,(H,19,20). The Bertz CT molecular complexity index is 858. The Hall–Kier alpha value is -2.40. The van der Waals surface area contributed by atoms with Crippen molar-refractivity contribution in [3.05, 3.63) is 59.1 Å². The number of sulfonamides is 1. The number of benzene rings is 2. The fraction of sp³-hybridized carbons (Fsp3) is 0.0667. The zero-order chi connectivity index (χ0) is 16.9. The highest BCUT2D eigenvalue weighted by molar-refractivity contribution is 7.89. The Balaban J connectivity index is 2.03. The third kappa shape index (κ3) is 4.53. The maximum Gasteiger partial charge on any atom is 0.242 e. The van der Waals surface area contributed by atoms with Crippen LogP contribution in [-0.2, 0) is 14.8 Å². The predicted molar refractivity (Wildman–Crippen MR) is 86.4 cm³/mol. The van der Waals surface area contributed by atoms with E-state index in [0.717, 1.165) is 0 Å². The molecule has 2 rings (SSSR count). The van der Waals surface area contributed by atoms with Crippen molar-refractivity contribution in [3.63, 3.8) is 0 Å². The molecule has 23 heavy (non-hydrogen) atoms. The number of carbonyl (C=O) groups excluding carboxylic acids is 1. The van der Waals surface area contributed by atoms with Crippen LogP contribution in [0.15, 0.2) is 53.4 Å². The number of amides is 1. The van der Waals surface area contributed by atoms with Crippen molar-refractivity contribution in [1.82, 2.24) is 4.72 Å². The minimum absolute atomic E-state index is 0.0121. The van der Waals surface area contributed by atoms with Gasteiger partial charge in [-0.25, -0.2) is 13.1 Å². The van der Waals surface area contributed by atoms with Gasteiger partial charge in [0.2, 0.25) is 15.9 Å². The average molecular weight is 350 g/mol. The number of halogens is 1. The second kappa shape index (κ2) is 7.24. The van der Waals surface area contributed by atoms with E-state index in [0.29, 0.717) is 10.7 Å². The zero-order valence-corrected chi connectivity index (χ0v) is 13.4. The van der Waals surface area contributed by atoms with Crippen molar-refractivity contribution in [2.24, 2.45) is 0 Å². The fourth-order valence-corrected chi connectivity index (χ4v) is 3.03. The van der Waals surface area contributed by atoms with Crippen LogP contribution in [0, 0.1) is 11.3 Å². The third-order valence-corrected chi connectivity index (χ3v) is 4.56. The topological polar surface area (TPSA) is 99.1 Å². The molecule has 0 fully saturated rings. The van der Waals surface area contributed by atoms with E-state index in [-0.39, 0.29) is 10.5 Å². The molecule has 0 atom stereocenters. The van der Waals surface area contributed by atoms with E-state index in [9.17, 15) is 13.2 Å². The minimum Gasteiger partial charge on any atom is -0.325 e. The molecule has 2 N–H and O–H groups in total. The second-order valence-corrected chi connectivity index (χ2v) is 6.66. The van der Waals surface area contributed by atoms with Gasteiger partial charge in [0.15, 0.2) is 0 Å². The lowest BCUT2D eigenvalue weighted by Crippen LogP contribution is -2.33. The molecule has 2 aromatic rings. The first-order chi connectivity index (χ1) is 10.9. The SMILES string of the molecule is N#Cc1ccccc1S(=O)(=O)NCC(=O)Nc1ccc(Cl)cc1. The first kappa shape index (κ1) is 17.0. The van der Waals surface area contributed by atoms with Gasteiger partial charge in [0.05, 0.1) is 17.0 Å². The molecule has 0 radical (unpaired) electrons. The summed E-state index contributed by atoms with van der Waals surface area (Å²) in [6.45, 7) is -0.454. The highest BCUT2D eigenvalue weighted by Gasteiger charge is 2.19. The summed E-state index contributed by atoms with van der Waals surface area (Å²) in [5.74, 6) is -0.537. The highest BCUT2D eigenvalue weighted by Crippen LogP contribution is 2.15. The van der Waals surface area contributed by atoms with Gasteiger partial charge in [0.25, 0.3) is 0 Å². The first-order valence-electron chi connectivity index (χ1n) is 6.46. The molecule has 0 unspecified atom stereocenters. The molecule has 6 nitrogen and oxygen atoms in total. The van der Waals surface area contributed by atoms with Crippen molar-refractivity contribution >= 4 is 33.2 Å². The smallest absolute Gasteiger partial charge is 0.242 e. The Morgan fingerprint density at radius 1 is 1.13 bits per heavy atom. The van der Waals surface area contributed by atoms with Crippen molar-refractivity contribution in [2.75, 3.05) is 11.9 Å². The summed E-state index contributed by atoms with van der Waals surface area (Å²) < 4.78 is 26.5. The number of hydrogen-bond donors (Lipinski definition) is 2. The Kier molecular flexibility index (Phi) is 5.34. The van der Waals surface area contributed by atoms with E-state index in [1.165, 1.54) is 18.2 Å². The number of rotatable bonds is 5. The van der Waals surface area contributed by atoms with Crippen molar-refractivity contribution in [2.45, 2.75) is 4.90 Å². The normalized spacial score (nSPS) is 10.8. The highest BCUT2D eigenvalue weighted by atomic mass is 35.5. The molecule has 118 valence electrons.